The summed E-state index contributed by atoms with van der Waals surface area (Å²) in [5.41, 5.74) is 1.16. The molecule has 0 bridgehead atoms. The molecule has 1 aliphatic carbocycles. The van der Waals surface area contributed by atoms with Crippen LogP contribution in [0.25, 0.3) is 0 Å². The number of hydrogen-bond acceptors (Lipinski definition) is 5. The summed E-state index contributed by atoms with van der Waals surface area (Å²) in [6.45, 7) is 3.27. The Morgan fingerprint density at radius 3 is 2.52 bits per heavy atom. The average molecular weight is 348 g/mol. The van der Waals surface area contributed by atoms with Gasteiger partial charge >= 0.3 is 12.0 Å². The summed E-state index contributed by atoms with van der Waals surface area (Å²) < 4.78 is 10.3. The molecule has 2 N–H and O–H groups in total. The summed E-state index contributed by atoms with van der Waals surface area (Å²) in [5.74, 6) is -0.762. The van der Waals surface area contributed by atoms with Crippen molar-refractivity contribution >= 4 is 17.9 Å². The molecule has 0 aliphatic heterocycles. The quantitative estimate of drug-likeness (QED) is 0.797. The Balaban J connectivity index is 1.87. The van der Waals surface area contributed by atoms with Crippen LogP contribution in [0.1, 0.15) is 48.5 Å². The van der Waals surface area contributed by atoms with Crippen molar-refractivity contribution in [1.29, 1.82) is 0 Å². The lowest BCUT2D eigenvalue weighted by molar-refractivity contribution is -0.127. The van der Waals surface area contributed by atoms with Gasteiger partial charge in [-0.05, 0) is 44.4 Å². The zero-order chi connectivity index (χ0) is 18.4. The van der Waals surface area contributed by atoms with Crippen molar-refractivity contribution in [2.75, 3.05) is 7.11 Å². The fourth-order valence-corrected chi connectivity index (χ4v) is 2.73. The van der Waals surface area contributed by atoms with E-state index in [0.717, 1.165) is 31.2 Å². The van der Waals surface area contributed by atoms with Crippen molar-refractivity contribution in [2.45, 2.75) is 51.7 Å². The Morgan fingerprint density at radius 2 is 1.88 bits per heavy atom. The summed E-state index contributed by atoms with van der Waals surface area (Å²) in [6.07, 6.45) is 2.90. The number of benzene rings is 1. The number of imide groups is 1. The van der Waals surface area contributed by atoms with E-state index >= 15 is 0 Å². The maximum absolute atomic E-state index is 12.1. The van der Waals surface area contributed by atoms with Crippen molar-refractivity contribution in [3.63, 3.8) is 0 Å². The summed E-state index contributed by atoms with van der Waals surface area (Å²) in [4.78, 5) is 35.9. The Labute approximate surface area is 147 Å². The molecule has 1 fully saturated rings. The van der Waals surface area contributed by atoms with Crippen LogP contribution < -0.4 is 15.4 Å². The van der Waals surface area contributed by atoms with Crippen molar-refractivity contribution in [3.05, 3.63) is 29.3 Å². The van der Waals surface area contributed by atoms with Gasteiger partial charge in [-0.2, -0.15) is 0 Å². The van der Waals surface area contributed by atoms with Crippen LogP contribution in [0.5, 0.6) is 5.75 Å². The van der Waals surface area contributed by atoms with Crippen LogP contribution in [0.3, 0.4) is 0 Å². The first-order chi connectivity index (χ1) is 11.9. The van der Waals surface area contributed by atoms with E-state index < -0.39 is 24.0 Å². The first-order valence-corrected chi connectivity index (χ1v) is 8.37. The van der Waals surface area contributed by atoms with Crippen LogP contribution in [0.4, 0.5) is 4.79 Å². The zero-order valence-corrected chi connectivity index (χ0v) is 14.8. The Kier molecular flexibility index (Phi) is 6.38. The van der Waals surface area contributed by atoms with E-state index in [9.17, 15) is 14.4 Å². The minimum atomic E-state index is -1.09. The molecule has 0 radical (unpaired) electrons. The third-order valence-corrected chi connectivity index (χ3v) is 4.22. The Hall–Kier alpha value is -2.57. The molecule has 0 spiro atoms. The number of ether oxygens (including phenoxy) is 2. The first kappa shape index (κ1) is 18.8. The van der Waals surface area contributed by atoms with Crippen molar-refractivity contribution < 1.29 is 23.9 Å². The number of esters is 1. The molecular formula is C18H24N2O5. The molecule has 1 saturated carbocycles. The standard InChI is InChI=1S/C18H24N2O5/c1-11-8-9-13(10-15(11)24-3)17(22)25-12(2)16(21)20-18(23)19-14-6-4-5-7-14/h8-10,12,14H,4-7H2,1-3H3,(H2,19,20,21,23)/t12-/m1/s1. The fraction of sp³-hybridized carbons (Fsp3) is 0.500. The number of rotatable bonds is 5. The molecule has 2 rings (SSSR count). The van der Waals surface area contributed by atoms with Crippen LogP contribution in [0.2, 0.25) is 0 Å². The maximum Gasteiger partial charge on any atom is 0.339 e. The van der Waals surface area contributed by atoms with Crippen LogP contribution >= 0.6 is 0 Å². The Bertz CT molecular complexity index is 653. The molecule has 3 amide bonds. The summed E-state index contributed by atoms with van der Waals surface area (Å²) in [5, 5.41) is 4.95. The van der Waals surface area contributed by atoms with Crippen LogP contribution in [0.15, 0.2) is 18.2 Å². The topological polar surface area (TPSA) is 93.7 Å². The summed E-state index contributed by atoms with van der Waals surface area (Å²) in [7, 11) is 1.51. The highest BCUT2D eigenvalue weighted by atomic mass is 16.5. The molecule has 7 nitrogen and oxygen atoms in total. The number of methoxy groups -OCH3 is 1. The molecule has 0 saturated heterocycles. The van der Waals surface area contributed by atoms with E-state index in [1.807, 2.05) is 6.92 Å². The molecule has 1 atom stereocenters. The largest absolute Gasteiger partial charge is 0.496 e. The van der Waals surface area contributed by atoms with E-state index in [-0.39, 0.29) is 11.6 Å². The maximum atomic E-state index is 12.1. The lowest BCUT2D eigenvalue weighted by Gasteiger charge is -2.16. The lowest BCUT2D eigenvalue weighted by Crippen LogP contribution is -2.47. The van der Waals surface area contributed by atoms with Crippen molar-refractivity contribution in [3.8, 4) is 5.75 Å². The first-order valence-electron chi connectivity index (χ1n) is 8.37. The van der Waals surface area contributed by atoms with Gasteiger partial charge in [0, 0.05) is 6.04 Å². The van der Waals surface area contributed by atoms with Crippen LogP contribution in [-0.4, -0.2) is 37.2 Å². The minimum absolute atomic E-state index is 0.102. The third-order valence-electron chi connectivity index (χ3n) is 4.22. The number of hydrogen-bond donors (Lipinski definition) is 2. The number of aryl methyl sites for hydroxylation is 1. The molecule has 136 valence electrons. The predicted octanol–water partition coefficient (Wildman–Crippen LogP) is 2.32. The van der Waals surface area contributed by atoms with Crippen molar-refractivity contribution in [2.24, 2.45) is 0 Å². The highest BCUT2D eigenvalue weighted by molar-refractivity contribution is 5.98. The highest BCUT2D eigenvalue weighted by Crippen LogP contribution is 2.20. The van der Waals surface area contributed by atoms with Gasteiger partial charge in [0.2, 0.25) is 0 Å². The second-order valence-corrected chi connectivity index (χ2v) is 6.18. The van der Waals surface area contributed by atoms with Gasteiger partial charge in [-0.1, -0.05) is 18.9 Å². The van der Waals surface area contributed by atoms with Crippen molar-refractivity contribution in [1.82, 2.24) is 10.6 Å². The number of carbonyl (C=O) groups is 3. The minimum Gasteiger partial charge on any atom is -0.496 e. The molecule has 25 heavy (non-hydrogen) atoms. The van der Waals surface area contributed by atoms with Gasteiger partial charge in [0.1, 0.15) is 5.75 Å². The van der Waals surface area contributed by atoms with Crippen LogP contribution in [0, 0.1) is 6.92 Å². The summed E-state index contributed by atoms with van der Waals surface area (Å²) >= 11 is 0. The lowest BCUT2D eigenvalue weighted by atomic mass is 10.1. The molecule has 1 aromatic rings. The third kappa shape index (κ3) is 5.20. The molecule has 7 heteroatoms. The SMILES string of the molecule is COc1cc(C(=O)O[C@H](C)C(=O)NC(=O)NC2CCCC2)ccc1C. The highest BCUT2D eigenvalue weighted by Gasteiger charge is 2.23. The molecule has 0 unspecified atom stereocenters. The number of carbonyl (C=O) groups excluding carboxylic acids is 3. The number of urea groups is 1. The van der Waals surface area contributed by atoms with Gasteiger partial charge in [0.25, 0.3) is 5.91 Å². The number of nitrogens with one attached hydrogen (secondary N) is 2. The second-order valence-electron chi connectivity index (χ2n) is 6.18. The average Bonchev–Trinajstić information content (AvgIpc) is 3.07. The van der Waals surface area contributed by atoms with E-state index in [1.54, 1.807) is 18.2 Å². The van der Waals surface area contributed by atoms with E-state index in [1.165, 1.54) is 14.0 Å². The summed E-state index contributed by atoms with van der Waals surface area (Å²) in [6, 6.07) is 4.42. The van der Waals surface area contributed by atoms with Gasteiger partial charge in [-0.3, -0.25) is 10.1 Å². The normalized spacial score (nSPS) is 15.3. The van der Waals surface area contributed by atoms with Gasteiger partial charge in [-0.15, -0.1) is 0 Å². The Morgan fingerprint density at radius 1 is 1.20 bits per heavy atom. The van der Waals surface area contributed by atoms with E-state index in [2.05, 4.69) is 10.6 Å². The molecule has 1 aliphatic rings. The number of amides is 3. The van der Waals surface area contributed by atoms with E-state index in [0.29, 0.717) is 5.75 Å². The smallest absolute Gasteiger partial charge is 0.339 e. The van der Waals surface area contributed by atoms with Gasteiger partial charge in [0.15, 0.2) is 6.10 Å². The van der Waals surface area contributed by atoms with Gasteiger partial charge in [0.05, 0.1) is 12.7 Å². The van der Waals surface area contributed by atoms with E-state index in [4.69, 9.17) is 9.47 Å². The zero-order valence-electron chi connectivity index (χ0n) is 14.8. The predicted molar refractivity (Wildman–Crippen MR) is 91.5 cm³/mol. The molecular weight excluding hydrogens is 324 g/mol. The second kappa shape index (κ2) is 8.50. The molecule has 0 heterocycles. The fourth-order valence-electron chi connectivity index (χ4n) is 2.73. The molecule has 1 aromatic carbocycles. The van der Waals surface area contributed by atoms with Gasteiger partial charge < -0.3 is 14.8 Å². The monoisotopic (exact) mass is 348 g/mol. The molecule has 0 aromatic heterocycles. The van der Waals surface area contributed by atoms with Gasteiger partial charge in [-0.25, -0.2) is 9.59 Å². The van der Waals surface area contributed by atoms with Crippen LogP contribution in [-0.2, 0) is 9.53 Å².